The number of hydrogen-bond donors (Lipinski definition) is 6. The standard InChI is InChI=1S/C57H79N7O7/c1-35(2)46(32-37(5)55(70)71)63(14)54(69)51(56(8,9)10)59-38(6)50(58-13)57(11,12)43-25-21-26-44(33-43)61-52(67)39(7)60-53(68)49(36(3)4)62-47(65)28-19-20-29-48(66)64-34-42-24-16-15-22-40(42)30-31-41-23-17-18-27-45(41)64/h15-18,21-27,32-33,35-36,38-39,46,49-51,58-59H,19-20,28-29,34H2,1-14H3,(H,60,68)(H,61,67)(H,62,65)(H,70,71)/b37-32+/t38?,39-,46+,49-,50?,51+/m0/s1. The van der Waals surface area contributed by atoms with Crippen molar-refractivity contribution in [3.63, 3.8) is 0 Å². The molecule has 0 radical (unpaired) electrons. The molecule has 0 aliphatic carbocycles. The Bertz CT molecular complexity index is 2480. The quantitative estimate of drug-likeness (QED) is 0.0336. The van der Waals surface area contributed by atoms with Crippen LogP contribution < -0.4 is 31.5 Å². The molecule has 14 heteroatoms. The van der Waals surface area contributed by atoms with Gasteiger partial charge in [0.15, 0.2) is 0 Å². The average Bonchev–Trinajstić information content (AvgIpc) is 3.30. The molecular weight excluding hydrogens is 895 g/mol. The number of nitrogens with one attached hydrogen (secondary N) is 5. The van der Waals surface area contributed by atoms with E-state index in [2.05, 4.69) is 52.3 Å². The Hall–Kier alpha value is -6.30. The van der Waals surface area contributed by atoms with Crippen molar-refractivity contribution < 1.29 is 33.9 Å². The van der Waals surface area contributed by atoms with E-state index in [0.29, 0.717) is 25.1 Å². The molecule has 0 bridgehead atoms. The van der Waals surface area contributed by atoms with Crippen LogP contribution in [0.15, 0.2) is 84.4 Å². The summed E-state index contributed by atoms with van der Waals surface area (Å²) in [6.07, 6.45) is 2.92. The third-order valence-electron chi connectivity index (χ3n) is 13.5. The molecule has 0 spiro atoms. The molecule has 71 heavy (non-hydrogen) atoms. The van der Waals surface area contributed by atoms with Gasteiger partial charge in [-0.2, -0.15) is 0 Å². The van der Waals surface area contributed by atoms with Gasteiger partial charge in [-0.25, -0.2) is 4.79 Å². The zero-order valence-electron chi connectivity index (χ0n) is 44.5. The van der Waals surface area contributed by atoms with E-state index in [1.807, 2.05) is 129 Å². The summed E-state index contributed by atoms with van der Waals surface area (Å²) in [5.41, 5.74) is 3.97. The first-order chi connectivity index (χ1) is 33.3. The minimum atomic E-state index is -1.03. The fraction of sp³-hybridized carbons (Fsp3) is 0.509. The van der Waals surface area contributed by atoms with Crippen LogP contribution >= 0.6 is 0 Å². The van der Waals surface area contributed by atoms with E-state index in [0.717, 1.165) is 27.9 Å². The van der Waals surface area contributed by atoms with Crippen molar-refractivity contribution in [1.29, 1.82) is 0 Å². The number of unbranched alkanes of at least 4 members (excludes halogenated alkanes) is 1. The highest BCUT2D eigenvalue weighted by Gasteiger charge is 2.41. The van der Waals surface area contributed by atoms with Crippen molar-refractivity contribution in [2.45, 2.75) is 157 Å². The number of carboxylic acid groups (broad SMARTS) is 1. The van der Waals surface area contributed by atoms with Crippen LogP contribution in [0.1, 0.15) is 131 Å². The van der Waals surface area contributed by atoms with E-state index < -0.39 is 52.8 Å². The van der Waals surface area contributed by atoms with Gasteiger partial charge in [0.25, 0.3) is 0 Å². The number of para-hydroxylation sites is 1. The van der Waals surface area contributed by atoms with Crippen LogP contribution in [-0.2, 0) is 40.7 Å². The average molecular weight is 974 g/mol. The second-order valence-electron chi connectivity index (χ2n) is 21.3. The van der Waals surface area contributed by atoms with Gasteiger partial charge in [0.2, 0.25) is 29.5 Å². The van der Waals surface area contributed by atoms with Crippen LogP contribution in [0.2, 0.25) is 0 Å². The fourth-order valence-corrected chi connectivity index (χ4v) is 9.20. The summed E-state index contributed by atoms with van der Waals surface area (Å²) in [5, 5.41) is 25.3. The highest BCUT2D eigenvalue weighted by atomic mass is 16.4. The monoisotopic (exact) mass is 974 g/mol. The van der Waals surface area contributed by atoms with Gasteiger partial charge in [-0.3, -0.25) is 24.0 Å². The molecule has 3 aromatic rings. The van der Waals surface area contributed by atoms with E-state index in [1.54, 1.807) is 35.9 Å². The molecule has 384 valence electrons. The number of nitrogens with zero attached hydrogens (tertiary/aromatic N) is 2. The summed E-state index contributed by atoms with van der Waals surface area (Å²) in [6, 6.07) is 19.6. The normalized spacial score (nSPS) is 15.3. The zero-order valence-corrected chi connectivity index (χ0v) is 44.5. The topological polar surface area (TPSA) is 189 Å². The van der Waals surface area contributed by atoms with Crippen LogP contribution in [0.5, 0.6) is 0 Å². The molecule has 1 aliphatic rings. The summed E-state index contributed by atoms with van der Waals surface area (Å²) >= 11 is 0. The van der Waals surface area contributed by atoms with E-state index in [1.165, 1.54) is 6.92 Å². The molecule has 4 rings (SSSR count). The van der Waals surface area contributed by atoms with E-state index in [9.17, 15) is 33.9 Å². The van der Waals surface area contributed by atoms with Crippen molar-refractivity contribution in [3.05, 3.63) is 107 Å². The van der Waals surface area contributed by atoms with Crippen LogP contribution in [0.3, 0.4) is 0 Å². The van der Waals surface area contributed by atoms with Crippen molar-refractivity contribution in [2.24, 2.45) is 17.3 Å². The molecule has 1 heterocycles. The first kappa shape index (κ1) is 57.3. The SMILES string of the molecule is CNC(C(C)N[C@H](C(=O)N(C)[C@H](/C=C(\C)C(=O)O)C(C)C)C(C)(C)C)C(C)(C)c1cccc(NC(=O)[C@H](C)NC(=O)[C@@H](NC(=O)CCCCC(=O)N2Cc3ccccc3C#Cc3ccccc32)C(C)C)c1. The van der Waals surface area contributed by atoms with Gasteiger partial charge in [-0.05, 0) is 99.4 Å². The minimum absolute atomic E-state index is 0.0270. The number of rotatable bonds is 22. The summed E-state index contributed by atoms with van der Waals surface area (Å²) in [6.45, 7) is 23.3. The van der Waals surface area contributed by atoms with Gasteiger partial charge in [-0.1, -0.05) is 123 Å². The maximum Gasteiger partial charge on any atom is 0.331 e. The third-order valence-corrected chi connectivity index (χ3v) is 13.5. The first-order valence-electron chi connectivity index (χ1n) is 24.9. The predicted octanol–water partition coefficient (Wildman–Crippen LogP) is 7.55. The maximum absolute atomic E-state index is 14.3. The molecule has 5 amide bonds. The Balaban J connectivity index is 1.35. The highest BCUT2D eigenvalue weighted by molar-refractivity contribution is 5.98. The number of hydrogen-bond acceptors (Lipinski definition) is 8. The fourth-order valence-electron chi connectivity index (χ4n) is 9.20. The maximum atomic E-state index is 14.3. The van der Waals surface area contributed by atoms with Crippen LogP contribution in [0, 0.1) is 29.1 Å². The van der Waals surface area contributed by atoms with Crippen molar-refractivity contribution in [2.75, 3.05) is 24.3 Å². The lowest BCUT2D eigenvalue weighted by molar-refractivity contribution is -0.137. The molecule has 6 N–H and O–H groups in total. The number of fused-ring (bicyclic) bond motifs is 2. The number of anilines is 2. The molecular formula is C57H79N7O7. The molecule has 0 aromatic heterocycles. The van der Waals surface area contributed by atoms with Gasteiger partial charge < -0.3 is 41.5 Å². The third kappa shape index (κ3) is 15.3. The Labute approximate surface area is 422 Å². The molecule has 6 atom stereocenters. The number of amides is 5. The largest absolute Gasteiger partial charge is 0.478 e. The number of carboxylic acids is 1. The molecule has 0 saturated carbocycles. The summed E-state index contributed by atoms with van der Waals surface area (Å²) in [5.74, 6) is 3.68. The highest BCUT2D eigenvalue weighted by Crippen LogP contribution is 2.33. The van der Waals surface area contributed by atoms with Gasteiger partial charge >= 0.3 is 5.97 Å². The van der Waals surface area contributed by atoms with Crippen LogP contribution in [0.25, 0.3) is 0 Å². The molecule has 2 unspecified atom stereocenters. The Morgan fingerprint density at radius 1 is 0.789 bits per heavy atom. The first-order valence-corrected chi connectivity index (χ1v) is 24.9. The van der Waals surface area contributed by atoms with Crippen LogP contribution in [0.4, 0.5) is 11.4 Å². The zero-order chi connectivity index (χ0) is 53.0. The Morgan fingerprint density at radius 3 is 2.03 bits per heavy atom. The molecule has 3 aromatic carbocycles. The Morgan fingerprint density at radius 2 is 1.41 bits per heavy atom. The summed E-state index contributed by atoms with van der Waals surface area (Å²) in [7, 11) is 3.59. The molecule has 14 nitrogen and oxygen atoms in total. The number of likely N-dealkylation sites (N-methyl/N-ethyl adjacent to an activating group) is 2. The van der Waals surface area contributed by atoms with E-state index in [4.69, 9.17) is 0 Å². The number of aliphatic carboxylic acids is 1. The number of benzene rings is 3. The van der Waals surface area contributed by atoms with Crippen molar-refractivity contribution >= 4 is 46.9 Å². The van der Waals surface area contributed by atoms with Crippen molar-refractivity contribution in [1.82, 2.24) is 26.2 Å². The van der Waals surface area contributed by atoms with Gasteiger partial charge in [0.1, 0.15) is 12.1 Å². The predicted molar refractivity (Wildman–Crippen MR) is 282 cm³/mol. The lowest BCUT2D eigenvalue weighted by Gasteiger charge is -2.43. The lowest BCUT2D eigenvalue weighted by Crippen LogP contribution is -2.62. The molecule has 0 saturated heterocycles. The summed E-state index contributed by atoms with van der Waals surface area (Å²) in [4.78, 5) is 83.5. The summed E-state index contributed by atoms with van der Waals surface area (Å²) < 4.78 is 0. The lowest BCUT2D eigenvalue weighted by atomic mass is 9.74. The smallest absolute Gasteiger partial charge is 0.331 e. The van der Waals surface area contributed by atoms with Gasteiger partial charge in [0.05, 0.1) is 24.3 Å². The molecule has 0 fully saturated rings. The Kier molecular flexibility index (Phi) is 20.3. The number of carbonyl (C=O) groups is 6. The molecule has 1 aliphatic heterocycles. The van der Waals surface area contributed by atoms with Crippen LogP contribution in [-0.4, -0.2) is 95.9 Å². The van der Waals surface area contributed by atoms with Crippen molar-refractivity contribution in [3.8, 4) is 11.8 Å². The number of carbonyl (C=O) groups excluding carboxylic acids is 5. The second kappa shape index (κ2) is 25.2. The minimum Gasteiger partial charge on any atom is -0.478 e. The van der Waals surface area contributed by atoms with Gasteiger partial charge in [-0.15, -0.1) is 0 Å². The van der Waals surface area contributed by atoms with Gasteiger partial charge in [0, 0.05) is 59.8 Å². The second-order valence-corrected chi connectivity index (χ2v) is 21.3. The van der Waals surface area contributed by atoms with E-state index in [-0.39, 0.29) is 60.1 Å². The van der Waals surface area contributed by atoms with E-state index >= 15 is 0 Å².